The normalized spacial score (nSPS) is 10.7. The molecule has 0 bridgehead atoms. The summed E-state index contributed by atoms with van der Waals surface area (Å²) in [4.78, 5) is 8.48. The molecule has 0 spiro atoms. The van der Waals surface area contributed by atoms with Crippen molar-refractivity contribution in [2.24, 2.45) is 4.99 Å². The van der Waals surface area contributed by atoms with Crippen LogP contribution in [0.15, 0.2) is 53.7 Å². The Balaban J connectivity index is 1.97. The van der Waals surface area contributed by atoms with Gasteiger partial charge in [-0.1, -0.05) is 12.3 Å². The molecule has 0 aliphatic carbocycles. The lowest BCUT2D eigenvalue weighted by Gasteiger charge is -1.99. The quantitative estimate of drug-likeness (QED) is 0.545. The summed E-state index contributed by atoms with van der Waals surface area (Å²) < 4.78 is 0. The van der Waals surface area contributed by atoms with Crippen molar-refractivity contribution in [2.75, 3.05) is 0 Å². The fourth-order valence-electron chi connectivity index (χ4n) is 1.22. The molecule has 1 aromatic heterocycles. The van der Waals surface area contributed by atoms with Crippen molar-refractivity contribution < 1.29 is 0 Å². The molecule has 2 aromatic rings. The second kappa shape index (κ2) is 5.05. The highest BCUT2D eigenvalue weighted by Crippen LogP contribution is 1.97. The molecule has 2 rings (SSSR count). The Morgan fingerprint density at radius 2 is 2.13 bits per heavy atom. The maximum absolute atomic E-state index is 4.29. The molecule has 2 heteroatoms. The molecule has 0 unspecified atom stereocenters. The van der Waals surface area contributed by atoms with E-state index in [9.17, 15) is 0 Å². The van der Waals surface area contributed by atoms with E-state index in [1.54, 1.807) is 6.20 Å². The summed E-state index contributed by atoms with van der Waals surface area (Å²) in [5.41, 5.74) is 1.97. The van der Waals surface area contributed by atoms with Crippen molar-refractivity contribution in [3.63, 3.8) is 0 Å². The van der Waals surface area contributed by atoms with Gasteiger partial charge < -0.3 is 4.99 Å². The number of hydrogen-bond donors (Lipinski definition) is 0. The van der Waals surface area contributed by atoms with Gasteiger partial charge >= 0.3 is 0 Å². The smallest absolute Gasteiger partial charge is 0.0705 e. The average molecular weight is 195 g/mol. The molecule has 0 aliphatic heterocycles. The molecule has 0 radical (unpaired) electrons. The largest absolute Gasteiger partial charge is 0.334 e. The minimum Gasteiger partial charge on any atom is -0.334 e. The van der Waals surface area contributed by atoms with Crippen molar-refractivity contribution in [2.45, 2.75) is 6.54 Å². The summed E-state index contributed by atoms with van der Waals surface area (Å²) in [5, 5.41) is 0. The van der Waals surface area contributed by atoms with Crippen LogP contribution < -0.4 is 0 Å². The molecular weight excluding hydrogens is 184 g/mol. The van der Waals surface area contributed by atoms with Crippen LogP contribution >= 0.6 is 0 Å². The maximum Gasteiger partial charge on any atom is 0.0705 e. The highest BCUT2D eigenvalue weighted by molar-refractivity contribution is 5.78. The number of aromatic nitrogens is 1. The van der Waals surface area contributed by atoms with Gasteiger partial charge in [-0.25, -0.2) is 0 Å². The highest BCUT2D eigenvalue weighted by Gasteiger charge is 1.86. The second-order valence-electron chi connectivity index (χ2n) is 3.11. The summed E-state index contributed by atoms with van der Waals surface area (Å²) in [7, 11) is 0. The zero-order valence-electron chi connectivity index (χ0n) is 8.30. The predicted molar refractivity (Wildman–Crippen MR) is 60.8 cm³/mol. The molecule has 0 fully saturated rings. The molecule has 0 amide bonds. The van der Waals surface area contributed by atoms with Gasteiger partial charge in [0.2, 0.25) is 0 Å². The Bertz CT molecular complexity index is 421. The summed E-state index contributed by atoms with van der Waals surface area (Å²) >= 11 is 0. The lowest BCUT2D eigenvalue weighted by molar-refractivity contribution is 0.995. The first kappa shape index (κ1) is 9.59. The molecule has 2 nitrogen and oxygen atoms in total. The van der Waals surface area contributed by atoms with Crippen LogP contribution in [0.4, 0.5) is 0 Å². The van der Waals surface area contributed by atoms with Crippen LogP contribution in [0.25, 0.3) is 0 Å². The number of pyridine rings is 1. The van der Waals surface area contributed by atoms with Crippen LogP contribution in [0.2, 0.25) is 0 Å². The van der Waals surface area contributed by atoms with Gasteiger partial charge in [-0.2, -0.15) is 0 Å². The third-order valence-corrected chi connectivity index (χ3v) is 1.94. The topological polar surface area (TPSA) is 25.2 Å². The van der Waals surface area contributed by atoms with Gasteiger partial charge in [0.1, 0.15) is 0 Å². The molecule has 1 heterocycles. The first-order valence-corrected chi connectivity index (χ1v) is 4.81. The van der Waals surface area contributed by atoms with Crippen LogP contribution in [-0.4, -0.2) is 11.2 Å². The number of rotatable bonds is 3. The fraction of sp³-hybridized carbons (Fsp3) is 0.0769. The monoisotopic (exact) mass is 195 g/mol. The average Bonchev–Trinajstić information content (AvgIpc) is 2.32. The van der Waals surface area contributed by atoms with Crippen molar-refractivity contribution in [1.82, 2.24) is 4.98 Å². The molecule has 15 heavy (non-hydrogen) atoms. The van der Waals surface area contributed by atoms with Gasteiger partial charge in [0.15, 0.2) is 0 Å². The van der Waals surface area contributed by atoms with Gasteiger partial charge in [0.25, 0.3) is 0 Å². The molecule has 74 valence electrons. The van der Waals surface area contributed by atoms with Crippen molar-refractivity contribution in [3.05, 3.63) is 66.0 Å². The summed E-state index contributed by atoms with van der Waals surface area (Å²) in [6.07, 6.45) is 3.59. The lowest BCUT2D eigenvalue weighted by atomic mass is 10.2. The molecule has 0 aliphatic rings. The van der Waals surface area contributed by atoms with Gasteiger partial charge in [-0.05, 0) is 12.1 Å². The summed E-state index contributed by atoms with van der Waals surface area (Å²) in [6, 6.07) is 16.7. The zero-order valence-corrected chi connectivity index (χ0v) is 8.30. The van der Waals surface area contributed by atoms with Gasteiger partial charge in [0.05, 0.1) is 12.2 Å². The molecule has 0 saturated heterocycles. The predicted octanol–water partition coefficient (Wildman–Crippen LogP) is 2.50. The SMILES string of the molecule is [c-]1ccccc1C=NCc1ccccn1. The van der Waals surface area contributed by atoms with Crippen LogP contribution in [-0.2, 0) is 6.54 Å². The third-order valence-electron chi connectivity index (χ3n) is 1.94. The van der Waals surface area contributed by atoms with E-state index >= 15 is 0 Å². The molecule has 1 aromatic carbocycles. The van der Waals surface area contributed by atoms with E-state index in [0.29, 0.717) is 6.54 Å². The van der Waals surface area contributed by atoms with E-state index < -0.39 is 0 Å². The first-order valence-electron chi connectivity index (χ1n) is 4.81. The number of aliphatic imine (C=N–C) groups is 1. The van der Waals surface area contributed by atoms with Crippen LogP contribution in [0.3, 0.4) is 0 Å². The Hall–Kier alpha value is -1.96. The molecule has 0 atom stereocenters. The van der Waals surface area contributed by atoms with E-state index in [1.807, 2.05) is 48.7 Å². The standard InChI is InChI=1S/C13H11N2/c1-2-6-12(7-3-1)10-14-11-13-8-4-5-9-15-13/h1-6,8-10H,11H2/q-1. The third kappa shape index (κ3) is 3.02. The van der Waals surface area contributed by atoms with E-state index in [1.165, 1.54) is 0 Å². The fourth-order valence-corrected chi connectivity index (χ4v) is 1.22. The van der Waals surface area contributed by atoms with Gasteiger partial charge in [0, 0.05) is 6.20 Å². The van der Waals surface area contributed by atoms with E-state index in [4.69, 9.17) is 0 Å². The van der Waals surface area contributed by atoms with Crippen LogP contribution in [0.5, 0.6) is 0 Å². The Morgan fingerprint density at radius 1 is 1.20 bits per heavy atom. The zero-order chi connectivity index (χ0) is 10.3. The molecule has 0 N–H and O–H groups in total. The Labute approximate surface area is 89.3 Å². The number of hydrogen-bond acceptors (Lipinski definition) is 2. The summed E-state index contributed by atoms with van der Waals surface area (Å²) in [5.74, 6) is 0. The highest BCUT2D eigenvalue weighted by atomic mass is 14.8. The lowest BCUT2D eigenvalue weighted by Crippen LogP contribution is -1.87. The number of benzene rings is 1. The summed E-state index contributed by atoms with van der Waals surface area (Å²) in [6.45, 7) is 0.615. The Morgan fingerprint density at radius 3 is 2.87 bits per heavy atom. The van der Waals surface area contributed by atoms with E-state index in [0.717, 1.165) is 11.3 Å². The van der Waals surface area contributed by atoms with Gasteiger partial charge in [-0.3, -0.25) is 4.98 Å². The van der Waals surface area contributed by atoms with Crippen LogP contribution in [0.1, 0.15) is 11.3 Å². The van der Waals surface area contributed by atoms with Gasteiger partial charge in [-0.15, -0.1) is 35.9 Å². The van der Waals surface area contributed by atoms with Crippen molar-refractivity contribution in [3.8, 4) is 0 Å². The van der Waals surface area contributed by atoms with Crippen molar-refractivity contribution in [1.29, 1.82) is 0 Å². The number of nitrogens with zero attached hydrogens (tertiary/aromatic N) is 2. The van der Waals surface area contributed by atoms with Crippen molar-refractivity contribution >= 4 is 6.21 Å². The first-order chi connectivity index (χ1) is 7.45. The van der Waals surface area contributed by atoms with E-state index in [-0.39, 0.29) is 0 Å². The molecular formula is C13H11N2-. The minimum atomic E-state index is 0.615. The van der Waals surface area contributed by atoms with Crippen LogP contribution in [0, 0.1) is 6.07 Å². The minimum absolute atomic E-state index is 0.615. The maximum atomic E-state index is 4.29. The molecule has 0 saturated carbocycles. The Kier molecular flexibility index (Phi) is 3.23. The second-order valence-corrected chi connectivity index (χ2v) is 3.11. The van der Waals surface area contributed by atoms with E-state index in [2.05, 4.69) is 16.0 Å².